The Morgan fingerprint density at radius 2 is 1.33 bits per heavy atom. The predicted octanol–water partition coefficient (Wildman–Crippen LogP) is 8.03. The van der Waals surface area contributed by atoms with Crippen molar-refractivity contribution >= 4 is 40.4 Å². The van der Waals surface area contributed by atoms with Crippen molar-refractivity contribution in [3.63, 3.8) is 0 Å². The van der Waals surface area contributed by atoms with E-state index in [0.717, 1.165) is 81.1 Å². The normalized spacial score (nSPS) is 19.2. The summed E-state index contributed by atoms with van der Waals surface area (Å²) in [5.74, 6) is 2.57. The van der Waals surface area contributed by atoms with Crippen molar-refractivity contribution in [2.75, 3.05) is 33.1 Å². The lowest BCUT2D eigenvalue weighted by atomic mass is 9.98. The van der Waals surface area contributed by atoms with Crippen molar-refractivity contribution in [1.82, 2.24) is 40.4 Å². The number of methoxy groups -OCH3 is 2. The van der Waals surface area contributed by atoms with E-state index in [1.165, 1.54) is 14.2 Å². The van der Waals surface area contributed by atoms with Gasteiger partial charge in [-0.3, -0.25) is 9.59 Å². The van der Waals surface area contributed by atoms with Crippen molar-refractivity contribution in [2.24, 2.45) is 17.3 Å². The molecule has 3 amide bonds. The van der Waals surface area contributed by atoms with Crippen LogP contribution in [0.15, 0.2) is 85.5 Å². The maximum absolute atomic E-state index is 13.9. The summed E-state index contributed by atoms with van der Waals surface area (Å²) in [7, 11) is 2.85. The highest BCUT2D eigenvalue weighted by Gasteiger charge is 2.55. The lowest BCUT2D eigenvalue weighted by Gasteiger charge is -2.30. The number of imidazole rings is 2. The van der Waals surface area contributed by atoms with Gasteiger partial charge in [-0.05, 0) is 82.7 Å². The van der Waals surface area contributed by atoms with E-state index < -0.39 is 18.2 Å². The Morgan fingerprint density at radius 3 is 1.98 bits per heavy atom. The molecular formula is C46H54N8O5S. The third-order valence-electron chi connectivity index (χ3n) is 12.2. The van der Waals surface area contributed by atoms with E-state index in [9.17, 15) is 14.4 Å². The summed E-state index contributed by atoms with van der Waals surface area (Å²) in [4.78, 5) is 60.1. The van der Waals surface area contributed by atoms with Gasteiger partial charge in [0, 0.05) is 24.4 Å². The third-order valence-corrected chi connectivity index (χ3v) is 13.4. The standard InChI is InChI=1S/C46H54N8O5S/c1-26(2)38(49-28(5)58-6)42(55)53-18-19-60-44(53)41-48-23-35(51-41)30-10-8-29(9-11-30)31-12-13-33-21-34(15-14-32(33)20-31)36-24-47-40(50-36)37-22-46(16-17-46)25-54(37)43(56)39(27(3)4)52-45(57)59-7/h8-15,20-21,23-24,26-27,37-39,44,49H,5,16-19,22,25H2,1-4,6-7H3,(H,47,50)(H,48,51)(H,52,57)/t37-,38-,39-,44-/m0/s1. The second kappa shape index (κ2) is 16.7. The summed E-state index contributed by atoms with van der Waals surface area (Å²) in [6, 6.07) is 20.0. The molecule has 2 aliphatic heterocycles. The van der Waals surface area contributed by atoms with Gasteiger partial charge in [0.05, 0.1) is 44.0 Å². The molecule has 4 heterocycles. The predicted molar refractivity (Wildman–Crippen MR) is 234 cm³/mol. The van der Waals surface area contributed by atoms with Crippen LogP contribution in [0.2, 0.25) is 0 Å². The summed E-state index contributed by atoms with van der Waals surface area (Å²) in [5.41, 5.74) is 6.14. The number of aromatic amines is 2. The first-order chi connectivity index (χ1) is 28.9. The minimum absolute atomic E-state index is 0.00245. The fourth-order valence-electron chi connectivity index (χ4n) is 8.49. The van der Waals surface area contributed by atoms with E-state index in [0.29, 0.717) is 19.0 Å². The highest BCUT2D eigenvalue weighted by atomic mass is 32.2. The van der Waals surface area contributed by atoms with Crippen LogP contribution in [0.3, 0.4) is 0 Å². The number of amides is 3. The fraction of sp³-hybridized carbons (Fsp3) is 0.413. The number of carbonyl (C=O) groups excluding carboxylic acids is 3. The Kier molecular flexibility index (Phi) is 11.4. The van der Waals surface area contributed by atoms with Crippen molar-refractivity contribution in [2.45, 2.75) is 70.5 Å². The summed E-state index contributed by atoms with van der Waals surface area (Å²) in [6.45, 7) is 13.0. The van der Waals surface area contributed by atoms with Gasteiger partial charge < -0.3 is 39.9 Å². The van der Waals surface area contributed by atoms with Gasteiger partial charge in [0.15, 0.2) is 5.88 Å². The number of carbonyl (C=O) groups is 3. The molecule has 3 aliphatic rings. The molecule has 3 fully saturated rings. The van der Waals surface area contributed by atoms with Gasteiger partial charge in [0.25, 0.3) is 0 Å². The number of aromatic nitrogens is 4. The first-order valence-corrected chi connectivity index (χ1v) is 21.7. The lowest BCUT2D eigenvalue weighted by Crippen LogP contribution is -2.51. The van der Waals surface area contributed by atoms with E-state index in [4.69, 9.17) is 19.4 Å². The molecule has 2 aromatic heterocycles. The molecule has 1 saturated carbocycles. The van der Waals surface area contributed by atoms with Crippen LogP contribution >= 0.6 is 11.8 Å². The maximum atomic E-state index is 13.9. The molecule has 14 heteroatoms. The summed E-state index contributed by atoms with van der Waals surface area (Å²) in [6.07, 6.45) is 6.12. The zero-order chi connectivity index (χ0) is 42.3. The molecule has 8 rings (SSSR count). The smallest absolute Gasteiger partial charge is 0.407 e. The first kappa shape index (κ1) is 41.0. The third kappa shape index (κ3) is 8.21. The van der Waals surface area contributed by atoms with Crippen molar-refractivity contribution in [1.29, 1.82) is 0 Å². The van der Waals surface area contributed by atoms with Crippen LogP contribution in [0.4, 0.5) is 4.79 Å². The summed E-state index contributed by atoms with van der Waals surface area (Å²) >= 11 is 1.71. The van der Waals surface area contributed by atoms with Gasteiger partial charge in [0.1, 0.15) is 29.1 Å². The van der Waals surface area contributed by atoms with Crippen molar-refractivity contribution in [3.8, 4) is 33.6 Å². The van der Waals surface area contributed by atoms with E-state index in [-0.39, 0.29) is 40.5 Å². The number of nitrogens with zero attached hydrogens (tertiary/aromatic N) is 4. The molecule has 4 N–H and O–H groups in total. The minimum atomic E-state index is -0.682. The van der Waals surface area contributed by atoms with Crippen molar-refractivity contribution < 1.29 is 23.9 Å². The first-order valence-electron chi connectivity index (χ1n) is 20.7. The Hall–Kier alpha value is -5.76. The van der Waals surface area contributed by atoms with Crippen LogP contribution in [0.25, 0.3) is 44.4 Å². The quantitative estimate of drug-likeness (QED) is 0.0863. The summed E-state index contributed by atoms with van der Waals surface area (Å²) < 4.78 is 10.0. The molecule has 0 unspecified atom stereocenters. The molecule has 0 bridgehead atoms. The largest absolute Gasteiger partial charge is 0.483 e. The molecule has 5 aromatic rings. The monoisotopic (exact) mass is 830 g/mol. The summed E-state index contributed by atoms with van der Waals surface area (Å²) in [5, 5.41) is 7.91. The molecule has 60 heavy (non-hydrogen) atoms. The highest BCUT2D eigenvalue weighted by molar-refractivity contribution is 7.99. The van der Waals surface area contributed by atoms with Crippen LogP contribution in [0.5, 0.6) is 0 Å². The molecule has 2 saturated heterocycles. The number of rotatable bonds is 13. The van der Waals surface area contributed by atoms with Gasteiger partial charge in [-0.2, -0.15) is 0 Å². The fourth-order valence-corrected chi connectivity index (χ4v) is 9.68. The van der Waals surface area contributed by atoms with E-state index in [1.54, 1.807) is 11.8 Å². The lowest BCUT2D eigenvalue weighted by molar-refractivity contribution is -0.136. The topological polar surface area (TPSA) is 158 Å². The molecule has 1 spiro atoms. The Balaban J connectivity index is 0.951. The van der Waals surface area contributed by atoms with Gasteiger partial charge in [-0.15, -0.1) is 11.8 Å². The molecule has 3 aromatic carbocycles. The maximum Gasteiger partial charge on any atom is 0.407 e. The van der Waals surface area contributed by atoms with E-state index in [1.807, 2.05) is 49.9 Å². The number of alkyl carbamates (subject to hydrolysis) is 1. The highest BCUT2D eigenvalue weighted by Crippen LogP contribution is 2.58. The number of fused-ring (bicyclic) bond motifs is 1. The van der Waals surface area contributed by atoms with Gasteiger partial charge in [-0.25, -0.2) is 14.8 Å². The Bertz CT molecular complexity index is 2400. The number of hydrogen-bond donors (Lipinski definition) is 4. The van der Waals surface area contributed by atoms with Crippen molar-refractivity contribution in [3.05, 3.63) is 97.2 Å². The van der Waals surface area contributed by atoms with Crippen LogP contribution in [0.1, 0.15) is 70.0 Å². The minimum Gasteiger partial charge on any atom is -0.483 e. The van der Waals surface area contributed by atoms with E-state index >= 15 is 0 Å². The van der Waals surface area contributed by atoms with Crippen LogP contribution in [-0.2, 0) is 19.1 Å². The average Bonchev–Trinajstić information content (AvgIpc) is 3.79. The number of benzene rings is 3. The van der Waals surface area contributed by atoms with Crippen LogP contribution < -0.4 is 10.6 Å². The average molecular weight is 831 g/mol. The number of likely N-dealkylation sites (tertiary alicyclic amines) is 1. The molecule has 314 valence electrons. The molecule has 4 atom stereocenters. The number of hydrogen-bond acceptors (Lipinski definition) is 9. The molecule has 0 radical (unpaired) electrons. The zero-order valence-electron chi connectivity index (χ0n) is 35.1. The Labute approximate surface area is 355 Å². The number of H-pyrrole nitrogens is 2. The Morgan fingerprint density at radius 1 is 0.767 bits per heavy atom. The van der Waals surface area contributed by atoms with E-state index in [2.05, 4.69) is 87.8 Å². The zero-order valence-corrected chi connectivity index (χ0v) is 35.9. The molecule has 1 aliphatic carbocycles. The number of ether oxygens (including phenoxy) is 2. The molecular weight excluding hydrogens is 777 g/mol. The number of thioether (sulfide) groups is 1. The second-order valence-electron chi connectivity index (χ2n) is 17.0. The second-order valence-corrected chi connectivity index (χ2v) is 18.2. The molecule has 13 nitrogen and oxygen atoms in total. The van der Waals surface area contributed by atoms with Gasteiger partial charge in [-0.1, -0.05) is 76.2 Å². The number of nitrogens with one attached hydrogen (secondary N) is 4. The SMILES string of the molecule is C=C(N[C@H](C(=O)N1CCS[C@H]1c1ncc(-c2ccc(-c3ccc4cc(-c5cnc([C@@H]6CC7(CC7)CN6C(=O)[C@@H](NC(=O)OC)C(C)C)[nH]5)ccc4c3)cc2)[nH]1)C(C)C)OC. The van der Waals surface area contributed by atoms with Gasteiger partial charge in [0.2, 0.25) is 11.8 Å². The van der Waals surface area contributed by atoms with Crippen LogP contribution in [0, 0.1) is 17.3 Å². The van der Waals surface area contributed by atoms with Crippen LogP contribution in [-0.4, -0.2) is 92.8 Å². The van der Waals surface area contributed by atoms with Gasteiger partial charge >= 0.3 is 6.09 Å².